The summed E-state index contributed by atoms with van der Waals surface area (Å²) < 4.78 is 39.0. The third kappa shape index (κ3) is 18.2. The molecule has 0 spiro atoms. The van der Waals surface area contributed by atoms with Gasteiger partial charge in [0.1, 0.15) is 0 Å². The fourth-order valence-corrected chi connectivity index (χ4v) is 0.535. The molecule has 0 aromatic carbocycles. The highest BCUT2D eigenvalue weighted by atomic mass is 19.5. The Morgan fingerprint density at radius 2 is 1.54 bits per heavy atom. The van der Waals surface area contributed by atoms with Gasteiger partial charge in [0.25, 0.3) is 0 Å². The highest BCUT2D eigenvalue weighted by Gasteiger charge is 2.20. The van der Waals surface area contributed by atoms with E-state index in [0.29, 0.717) is 0 Å². The van der Waals surface area contributed by atoms with Gasteiger partial charge in [0, 0.05) is 28.2 Å². The maximum absolute atomic E-state index is 9.75. The average molecular weight is 202 g/mol. The first kappa shape index (κ1) is 14.6. The van der Waals surface area contributed by atoms with Crippen LogP contribution in [0.15, 0.2) is 4.99 Å². The summed E-state index contributed by atoms with van der Waals surface area (Å²) in [4.78, 5) is 5.85. The summed E-state index contributed by atoms with van der Waals surface area (Å²) in [6.07, 6.45) is 0. The second-order valence-corrected chi connectivity index (χ2v) is 2.19. The predicted octanol–water partition coefficient (Wildman–Crippen LogP) is 1.05. The molecule has 0 bridgehead atoms. The second-order valence-electron chi connectivity index (χ2n) is 2.19. The van der Waals surface area contributed by atoms with Crippen LogP contribution in [0.3, 0.4) is 0 Å². The summed E-state index contributed by atoms with van der Waals surface area (Å²) in [5.41, 5.74) is 0. The third-order valence-electron chi connectivity index (χ3n) is 0.859. The standard InChI is InChI=1S/C5H13N3.BF4/c1-6-5(7-2)8(3)4;2-1(3,4)5/h1-4H3,(H,6,7);/q;-1. The molecule has 0 aromatic rings. The number of halogens is 4. The van der Waals surface area contributed by atoms with Crippen molar-refractivity contribution in [3.8, 4) is 0 Å². The van der Waals surface area contributed by atoms with Crippen molar-refractivity contribution < 1.29 is 17.3 Å². The van der Waals surface area contributed by atoms with E-state index in [-0.39, 0.29) is 0 Å². The van der Waals surface area contributed by atoms with E-state index in [2.05, 4.69) is 10.3 Å². The van der Waals surface area contributed by atoms with Crippen LogP contribution in [0.25, 0.3) is 0 Å². The number of rotatable bonds is 0. The molecule has 0 aliphatic carbocycles. The van der Waals surface area contributed by atoms with Gasteiger partial charge in [-0.25, -0.2) is 0 Å². The number of hydrogen-bond donors (Lipinski definition) is 1. The molecule has 0 atom stereocenters. The van der Waals surface area contributed by atoms with Gasteiger partial charge in [-0.15, -0.1) is 0 Å². The smallest absolute Gasteiger partial charge is 0.418 e. The van der Waals surface area contributed by atoms with Gasteiger partial charge in [-0.1, -0.05) is 0 Å². The maximum atomic E-state index is 9.75. The molecule has 0 aliphatic rings. The number of nitrogens with zero attached hydrogens (tertiary/aromatic N) is 2. The molecule has 8 heteroatoms. The summed E-state index contributed by atoms with van der Waals surface area (Å²) in [6.45, 7) is 0. The van der Waals surface area contributed by atoms with Gasteiger partial charge in [-0.2, -0.15) is 0 Å². The van der Waals surface area contributed by atoms with E-state index < -0.39 is 7.25 Å². The normalized spacial score (nSPS) is 11.5. The summed E-state index contributed by atoms with van der Waals surface area (Å²) in [5, 5.41) is 2.93. The van der Waals surface area contributed by atoms with Gasteiger partial charge in [0.2, 0.25) is 0 Å². The Hall–Kier alpha value is -0.945. The lowest BCUT2D eigenvalue weighted by Gasteiger charge is -2.12. The quantitative estimate of drug-likeness (QED) is 0.275. The fourth-order valence-electron chi connectivity index (χ4n) is 0.535. The highest BCUT2D eigenvalue weighted by molar-refractivity contribution is 6.50. The van der Waals surface area contributed by atoms with Gasteiger partial charge in [0.05, 0.1) is 0 Å². The molecule has 0 fully saturated rings. The Morgan fingerprint density at radius 1 is 1.23 bits per heavy atom. The first-order valence-electron chi connectivity index (χ1n) is 3.41. The van der Waals surface area contributed by atoms with Crippen molar-refractivity contribution in [2.24, 2.45) is 4.99 Å². The van der Waals surface area contributed by atoms with E-state index in [9.17, 15) is 17.3 Å². The lowest BCUT2D eigenvalue weighted by atomic mass is 10.3. The van der Waals surface area contributed by atoms with Crippen LogP contribution in [0.1, 0.15) is 0 Å². The lowest BCUT2D eigenvalue weighted by Crippen LogP contribution is -2.33. The Balaban J connectivity index is 0. The SMILES string of the molecule is CN=C(NC)N(C)C.F[B-](F)(F)F. The molecule has 0 aliphatic heterocycles. The van der Waals surface area contributed by atoms with E-state index in [1.165, 1.54) is 0 Å². The zero-order valence-electron chi connectivity index (χ0n) is 7.98. The van der Waals surface area contributed by atoms with E-state index >= 15 is 0 Å². The van der Waals surface area contributed by atoms with Gasteiger partial charge in [-0.3, -0.25) is 4.99 Å². The monoisotopic (exact) mass is 202 g/mol. The third-order valence-corrected chi connectivity index (χ3v) is 0.859. The van der Waals surface area contributed by atoms with Crippen LogP contribution in [0.5, 0.6) is 0 Å². The summed E-state index contributed by atoms with van der Waals surface area (Å²) >= 11 is 0. The van der Waals surface area contributed by atoms with Crippen LogP contribution < -0.4 is 5.32 Å². The minimum Gasteiger partial charge on any atom is -0.418 e. The maximum Gasteiger partial charge on any atom is 0.673 e. The largest absolute Gasteiger partial charge is 0.673 e. The van der Waals surface area contributed by atoms with Crippen LogP contribution in [-0.4, -0.2) is 46.3 Å². The minimum atomic E-state index is -6.00. The van der Waals surface area contributed by atoms with E-state index in [1.807, 2.05) is 26.0 Å². The first-order chi connectivity index (χ1) is 5.72. The summed E-state index contributed by atoms with van der Waals surface area (Å²) in [7, 11) is 1.49. The van der Waals surface area contributed by atoms with Crippen molar-refractivity contribution in [3.63, 3.8) is 0 Å². The lowest BCUT2D eigenvalue weighted by molar-refractivity contribution is 0.368. The first-order valence-corrected chi connectivity index (χ1v) is 3.41. The second kappa shape index (κ2) is 6.56. The van der Waals surface area contributed by atoms with Gasteiger partial charge >= 0.3 is 7.25 Å². The van der Waals surface area contributed by atoms with Crippen LogP contribution in [-0.2, 0) is 0 Å². The van der Waals surface area contributed by atoms with Gasteiger partial charge in [-0.05, 0) is 0 Å². The molecule has 0 aromatic heterocycles. The van der Waals surface area contributed by atoms with E-state index in [1.54, 1.807) is 7.05 Å². The molecular weight excluding hydrogens is 189 g/mol. The summed E-state index contributed by atoms with van der Waals surface area (Å²) in [6, 6.07) is 0. The average Bonchev–Trinajstić information content (AvgIpc) is 1.85. The molecule has 0 heterocycles. The number of nitrogens with one attached hydrogen (secondary N) is 1. The minimum absolute atomic E-state index is 0.894. The van der Waals surface area contributed by atoms with Crippen molar-refractivity contribution >= 4 is 13.2 Å². The summed E-state index contributed by atoms with van der Waals surface area (Å²) in [5.74, 6) is 0.894. The van der Waals surface area contributed by atoms with Crippen molar-refractivity contribution in [2.45, 2.75) is 0 Å². The van der Waals surface area contributed by atoms with Crippen LogP contribution in [0.2, 0.25) is 0 Å². The Bertz CT molecular complexity index is 150. The molecule has 0 saturated carbocycles. The van der Waals surface area contributed by atoms with Crippen LogP contribution in [0, 0.1) is 0 Å². The molecule has 0 rings (SSSR count). The highest BCUT2D eigenvalue weighted by Crippen LogP contribution is 2.06. The Morgan fingerprint density at radius 3 is 1.54 bits per heavy atom. The number of aliphatic imine (C=N–C) groups is 1. The molecule has 13 heavy (non-hydrogen) atoms. The van der Waals surface area contributed by atoms with Crippen molar-refractivity contribution in [1.82, 2.24) is 10.2 Å². The molecule has 80 valence electrons. The molecular formula is C5H13BF4N3-. The molecule has 1 N–H and O–H groups in total. The van der Waals surface area contributed by atoms with Gasteiger partial charge < -0.3 is 27.5 Å². The number of guanidine groups is 1. The molecule has 0 unspecified atom stereocenters. The van der Waals surface area contributed by atoms with Gasteiger partial charge in [0.15, 0.2) is 5.96 Å². The van der Waals surface area contributed by atoms with Crippen molar-refractivity contribution in [1.29, 1.82) is 0 Å². The Labute approximate surface area is 74.9 Å². The topological polar surface area (TPSA) is 27.6 Å². The zero-order chi connectivity index (χ0) is 11.1. The molecule has 0 saturated heterocycles. The fraction of sp³-hybridized carbons (Fsp3) is 0.800. The number of hydrogen-bond acceptors (Lipinski definition) is 1. The van der Waals surface area contributed by atoms with Crippen LogP contribution >= 0.6 is 0 Å². The predicted molar refractivity (Wildman–Crippen MR) is 46.3 cm³/mol. The Kier molecular flexibility index (Phi) is 7.35. The van der Waals surface area contributed by atoms with E-state index in [0.717, 1.165) is 5.96 Å². The van der Waals surface area contributed by atoms with E-state index in [4.69, 9.17) is 0 Å². The molecule has 3 nitrogen and oxygen atoms in total. The van der Waals surface area contributed by atoms with Crippen molar-refractivity contribution in [2.75, 3.05) is 28.2 Å². The van der Waals surface area contributed by atoms with Crippen molar-refractivity contribution in [3.05, 3.63) is 0 Å². The molecule has 0 radical (unpaired) electrons. The van der Waals surface area contributed by atoms with Crippen LogP contribution in [0.4, 0.5) is 17.3 Å². The zero-order valence-corrected chi connectivity index (χ0v) is 7.98. The molecule has 0 amide bonds.